The number of nitrogens with one attached hydrogen (secondary N) is 1. The molecule has 0 saturated carbocycles. The Kier molecular flexibility index (Phi) is 6.92. The fraction of sp³-hybridized carbons (Fsp3) is 0.278. The van der Waals surface area contributed by atoms with Crippen molar-refractivity contribution < 1.29 is 13.2 Å². The normalized spacial score (nSPS) is 12.5. The van der Waals surface area contributed by atoms with Gasteiger partial charge in [0.1, 0.15) is 6.04 Å². The Balaban J connectivity index is 2.15. The van der Waals surface area contributed by atoms with E-state index < -0.39 is 22.0 Å². The Hall–Kier alpha value is -1.76. The number of hydrogen-bond donors (Lipinski definition) is 1. The zero-order chi connectivity index (χ0) is 19.3. The molecule has 0 radical (unpaired) electrons. The Labute approximate surface area is 164 Å². The summed E-state index contributed by atoms with van der Waals surface area (Å²) in [6.45, 7) is 1.91. The third kappa shape index (κ3) is 5.37. The second-order valence-corrected chi connectivity index (χ2v) is 8.56. The molecule has 1 atom stereocenters. The molecule has 140 valence electrons. The molecule has 0 heterocycles. The average Bonchev–Trinajstić information content (AvgIpc) is 2.57. The Bertz CT molecular complexity index is 873. The van der Waals surface area contributed by atoms with Gasteiger partial charge in [0.2, 0.25) is 15.9 Å². The van der Waals surface area contributed by atoms with Crippen LogP contribution < -0.4 is 9.62 Å². The monoisotopic (exact) mass is 414 g/mol. The predicted octanol–water partition coefficient (Wildman–Crippen LogP) is 3.51. The van der Waals surface area contributed by atoms with Crippen molar-refractivity contribution in [1.82, 2.24) is 5.32 Å². The highest BCUT2D eigenvalue weighted by Gasteiger charge is 2.30. The van der Waals surface area contributed by atoms with E-state index >= 15 is 0 Å². The second kappa shape index (κ2) is 8.75. The van der Waals surface area contributed by atoms with E-state index in [1.165, 1.54) is 19.1 Å². The number of benzene rings is 2. The number of rotatable bonds is 7. The van der Waals surface area contributed by atoms with Crippen molar-refractivity contribution in [3.63, 3.8) is 0 Å². The number of nitrogens with zero attached hydrogens (tertiary/aromatic N) is 1. The molecule has 0 aliphatic carbocycles. The number of anilines is 1. The van der Waals surface area contributed by atoms with E-state index in [0.29, 0.717) is 18.0 Å². The van der Waals surface area contributed by atoms with Gasteiger partial charge in [-0.1, -0.05) is 53.5 Å². The molecule has 0 aliphatic rings. The van der Waals surface area contributed by atoms with Crippen LogP contribution >= 0.6 is 23.2 Å². The molecule has 5 nitrogen and oxygen atoms in total. The molecule has 0 unspecified atom stereocenters. The molecule has 2 aromatic rings. The van der Waals surface area contributed by atoms with Crippen LogP contribution in [0.4, 0.5) is 5.69 Å². The lowest BCUT2D eigenvalue weighted by Gasteiger charge is -2.29. The summed E-state index contributed by atoms with van der Waals surface area (Å²) in [6, 6.07) is 13.2. The molecular formula is C18H20Cl2N2O3S. The summed E-state index contributed by atoms with van der Waals surface area (Å²) in [5.74, 6) is -0.414. The van der Waals surface area contributed by atoms with E-state index in [4.69, 9.17) is 23.2 Å². The molecule has 0 bridgehead atoms. The molecular weight excluding hydrogens is 395 g/mol. The van der Waals surface area contributed by atoms with Crippen LogP contribution in [0.5, 0.6) is 0 Å². The van der Waals surface area contributed by atoms with E-state index in [9.17, 15) is 13.2 Å². The number of hydrogen-bond acceptors (Lipinski definition) is 3. The average molecular weight is 415 g/mol. The first-order valence-corrected chi connectivity index (χ1v) is 10.6. The van der Waals surface area contributed by atoms with Crippen molar-refractivity contribution in [3.05, 3.63) is 64.1 Å². The van der Waals surface area contributed by atoms with E-state index in [-0.39, 0.29) is 10.7 Å². The maximum Gasteiger partial charge on any atom is 0.243 e. The van der Waals surface area contributed by atoms with Crippen molar-refractivity contribution in [1.29, 1.82) is 0 Å². The number of sulfonamides is 1. The van der Waals surface area contributed by atoms with Gasteiger partial charge < -0.3 is 5.32 Å². The highest BCUT2D eigenvalue weighted by Crippen LogP contribution is 2.32. The van der Waals surface area contributed by atoms with Crippen molar-refractivity contribution in [3.8, 4) is 0 Å². The Morgan fingerprint density at radius 1 is 1.15 bits per heavy atom. The lowest BCUT2D eigenvalue weighted by molar-refractivity contribution is -0.121. The fourth-order valence-corrected chi connectivity index (χ4v) is 4.16. The largest absolute Gasteiger partial charge is 0.354 e. The molecule has 26 heavy (non-hydrogen) atoms. The third-order valence-electron chi connectivity index (χ3n) is 3.79. The highest BCUT2D eigenvalue weighted by molar-refractivity contribution is 7.92. The van der Waals surface area contributed by atoms with Gasteiger partial charge >= 0.3 is 0 Å². The fourth-order valence-electron chi connectivity index (χ4n) is 2.56. The summed E-state index contributed by atoms with van der Waals surface area (Å²) in [5.41, 5.74) is 1.26. The van der Waals surface area contributed by atoms with Crippen molar-refractivity contribution >= 4 is 44.8 Å². The van der Waals surface area contributed by atoms with Crippen LogP contribution in [0.3, 0.4) is 0 Å². The summed E-state index contributed by atoms with van der Waals surface area (Å²) in [6.07, 6.45) is 1.67. The van der Waals surface area contributed by atoms with Gasteiger partial charge in [-0.25, -0.2) is 8.42 Å². The van der Waals surface area contributed by atoms with Gasteiger partial charge in [-0.3, -0.25) is 9.10 Å². The Morgan fingerprint density at radius 2 is 1.81 bits per heavy atom. The van der Waals surface area contributed by atoms with Gasteiger partial charge in [0.25, 0.3) is 0 Å². The predicted molar refractivity (Wildman–Crippen MR) is 106 cm³/mol. The summed E-state index contributed by atoms with van der Waals surface area (Å²) in [7, 11) is -3.75. The molecule has 2 aromatic carbocycles. The lowest BCUT2D eigenvalue weighted by Crippen LogP contribution is -2.48. The smallest absolute Gasteiger partial charge is 0.243 e. The van der Waals surface area contributed by atoms with Gasteiger partial charge in [0, 0.05) is 11.6 Å². The van der Waals surface area contributed by atoms with Crippen molar-refractivity contribution in [2.45, 2.75) is 19.4 Å². The topological polar surface area (TPSA) is 66.5 Å². The third-order valence-corrected chi connectivity index (χ3v) is 5.57. The van der Waals surface area contributed by atoms with Gasteiger partial charge in [0.15, 0.2) is 0 Å². The Morgan fingerprint density at radius 3 is 2.42 bits per heavy atom. The number of halogens is 2. The van der Waals surface area contributed by atoms with Crippen LogP contribution in [0.1, 0.15) is 12.5 Å². The van der Waals surface area contributed by atoms with Gasteiger partial charge in [-0.15, -0.1) is 0 Å². The van der Waals surface area contributed by atoms with Crippen LogP contribution in [-0.4, -0.2) is 33.2 Å². The summed E-state index contributed by atoms with van der Waals surface area (Å²) < 4.78 is 25.5. The maximum absolute atomic E-state index is 12.5. The van der Waals surface area contributed by atoms with Gasteiger partial charge in [0.05, 0.1) is 17.0 Å². The lowest BCUT2D eigenvalue weighted by atomic mass is 10.1. The summed E-state index contributed by atoms with van der Waals surface area (Å²) in [5, 5.41) is 3.29. The second-order valence-electron chi connectivity index (χ2n) is 5.86. The van der Waals surface area contributed by atoms with Crippen LogP contribution in [0.25, 0.3) is 0 Å². The molecule has 8 heteroatoms. The summed E-state index contributed by atoms with van der Waals surface area (Å²) >= 11 is 12.1. The minimum Gasteiger partial charge on any atom is -0.354 e. The molecule has 1 N–H and O–H groups in total. The molecule has 0 spiro atoms. The number of carbonyl (C=O) groups excluding carboxylic acids is 1. The number of carbonyl (C=O) groups is 1. The first-order valence-electron chi connectivity index (χ1n) is 7.96. The minimum absolute atomic E-state index is 0.173. The summed E-state index contributed by atoms with van der Waals surface area (Å²) in [4.78, 5) is 12.5. The molecule has 0 aliphatic heterocycles. The van der Waals surface area contributed by atoms with Gasteiger partial charge in [-0.2, -0.15) is 0 Å². The first-order chi connectivity index (χ1) is 12.2. The van der Waals surface area contributed by atoms with Crippen LogP contribution in [0.15, 0.2) is 48.5 Å². The van der Waals surface area contributed by atoms with E-state index in [1.54, 1.807) is 6.07 Å². The molecule has 1 amide bonds. The van der Waals surface area contributed by atoms with Crippen molar-refractivity contribution in [2.24, 2.45) is 0 Å². The first kappa shape index (κ1) is 20.6. The highest BCUT2D eigenvalue weighted by atomic mass is 35.5. The minimum atomic E-state index is -3.75. The zero-order valence-electron chi connectivity index (χ0n) is 14.4. The van der Waals surface area contributed by atoms with Crippen molar-refractivity contribution in [2.75, 3.05) is 17.1 Å². The SMILES string of the molecule is C[C@@H](C(=O)NCCc1ccccc1)N(c1cc(Cl)ccc1Cl)S(C)(=O)=O. The standard InChI is InChI=1S/C18H20Cl2N2O3S/c1-13(18(23)21-11-10-14-6-4-3-5-7-14)22(26(2,24)25)17-12-15(19)8-9-16(17)20/h3-9,12-13H,10-11H2,1-2H3,(H,21,23)/t13-/m0/s1. The van der Waals surface area contributed by atoms with Crippen LogP contribution in [0.2, 0.25) is 10.0 Å². The molecule has 0 fully saturated rings. The molecule has 0 saturated heterocycles. The van der Waals surface area contributed by atoms with E-state index in [0.717, 1.165) is 16.1 Å². The molecule has 0 aromatic heterocycles. The van der Waals surface area contributed by atoms with Crippen LogP contribution in [0, 0.1) is 0 Å². The molecule has 2 rings (SSSR count). The van der Waals surface area contributed by atoms with E-state index in [1.807, 2.05) is 30.3 Å². The number of amides is 1. The van der Waals surface area contributed by atoms with Crippen LogP contribution in [-0.2, 0) is 21.2 Å². The zero-order valence-corrected chi connectivity index (χ0v) is 16.8. The maximum atomic E-state index is 12.5. The van der Waals surface area contributed by atoms with E-state index in [2.05, 4.69) is 5.32 Å². The van der Waals surface area contributed by atoms with Gasteiger partial charge in [-0.05, 0) is 37.1 Å². The quantitative estimate of drug-likeness (QED) is 0.753.